The number of ether oxygens (including phenoxy) is 5. The number of pyridine rings is 1. The summed E-state index contributed by atoms with van der Waals surface area (Å²) in [4.78, 5) is 58.4. The Balaban J connectivity index is 2.26. The number of rotatable bonds is 7. The molecule has 0 amide bonds. The molecular formula is C39H54BrNO9. The molecule has 2 aromatic rings. The zero-order chi connectivity index (χ0) is 38.1. The van der Waals surface area contributed by atoms with E-state index in [-0.39, 0.29) is 6.61 Å². The Bertz CT molecular complexity index is 1590. The largest absolute Gasteiger partial charge is 0.462 e. The van der Waals surface area contributed by atoms with Crippen LogP contribution in [0.25, 0.3) is 11.3 Å². The fourth-order valence-electron chi connectivity index (χ4n) is 4.84. The van der Waals surface area contributed by atoms with Crippen LogP contribution in [0, 0.1) is 35.5 Å². The van der Waals surface area contributed by atoms with Crippen molar-refractivity contribution in [2.24, 2.45) is 21.7 Å². The van der Waals surface area contributed by atoms with Gasteiger partial charge in [-0.2, -0.15) is 0 Å². The Kier molecular flexibility index (Phi) is 12.4. The van der Waals surface area contributed by atoms with Gasteiger partial charge in [-0.1, -0.05) is 12.1 Å². The Morgan fingerprint density at radius 3 is 1.62 bits per heavy atom. The Hall–Kier alpha value is -3.31. The first-order chi connectivity index (χ1) is 22.7. The Morgan fingerprint density at radius 2 is 1.16 bits per heavy atom. The summed E-state index contributed by atoms with van der Waals surface area (Å²) in [7, 11) is 0. The fraction of sp³-hybridized carbons (Fsp3) is 0.615. The van der Waals surface area contributed by atoms with Gasteiger partial charge in [0.1, 0.15) is 18.8 Å². The van der Waals surface area contributed by atoms with E-state index in [4.69, 9.17) is 28.7 Å². The summed E-state index contributed by atoms with van der Waals surface area (Å²) in [6, 6.07) is 9.54. The van der Waals surface area contributed by atoms with Gasteiger partial charge in [-0.25, -0.2) is 0 Å². The molecule has 10 nitrogen and oxygen atoms in total. The van der Waals surface area contributed by atoms with Crippen molar-refractivity contribution in [2.75, 3.05) is 6.61 Å². The highest BCUT2D eigenvalue weighted by Crippen LogP contribution is 2.42. The van der Waals surface area contributed by atoms with Crippen LogP contribution in [0.4, 0.5) is 0 Å². The number of halogens is 1. The average molecular weight is 761 g/mol. The fourth-order valence-corrected chi connectivity index (χ4v) is 5.06. The standard InChI is InChI=1S/C39H54BrNO9/c1-21-19-23(26-18-17-25(40)22(2)41-26)15-16-24(21)28-30(49-34(44)38(9,10)11)31(50-35(45)39(12,13)14)29(48-33(43)37(6,7)8)27(47-28)20-46-32(42)36(3,4)5/h15-19,27-31H,20H2,1-14H3/t27-,28-,29-,30-,31+/m1/s1. The van der Waals surface area contributed by atoms with E-state index in [1.807, 2.05) is 44.2 Å². The Morgan fingerprint density at radius 1 is 0.680 bits per heavy atom. The summed E-state index contributed by atoms with van der Waals surface area (Å²) >= 11 is 3.50. The van der Waals surface area contributed by atoms with E-state index < -0.39 is 76.1 Å². The van der Waals surface area contributed by atoms with Crippen LogP contribution in [0.3, 0.4) is 0 Å². The minimum Gasteiger partial charge on any atom is -0.462 e. The van der Waals surface area contributed by atoms with Gasteiger partial charge in [0.25, 0.3) is 0 Å². The third-order valence-electron chi connectivity index (χ3n) is 8.08. The summed E-state index contributed by atoms with van der Waals surface area (Å²) in [5.41, 5.74) is 0.174. The second-order valence-electron chi connectivity index (χ2n) is 17.1. The lowest BCUT2D eigenvalue weighted by Crippen LogP contribution is -2.61. The summed E-state index contributed by atoms with van der Waals surface area (Å²) < 4.78 is 31.8. The van der Waals surface area contributed by atoms with E-state index in [9.17, 15) is 19.2 Å². The SMILES string of the molecule is Cc1cc(-c2ccc(Br)c(C)n2)ccc1[C@H]1O[C@H](COC(=O)C(C)(C)C)[C@@H](OC(=O)C(C)(C)C)[C@H](OC(=O)C(C)(C)C)[C@@H]1OC(=O)C(C)(C)C. The van der Waals surface area contributed by atoms with Gasteiger partial charge in [0.05, 0.1) is 33.0 Å². The van der Waals surface area contributed by atoms with Gasteiger partial charge < -0.3 is 23.7 Å². The highest BCUT2D eigenvalue weighted by Gasteiger charge is 2.55. The van der Waals surface area contributed by atoms with Crippen LogP contribution in [-0.4, -0.2) is 59.9 Å². The molecule has 0 bridgehead atoms. The molecule has 11 heteroatoms. The van der Waals surface area contributed by atoms with Crippen molar-refractivity contribution in [3.05, 3.63) is 51.6 Å². The topological polar surface area (TPSA) is 127 Å². The van der Waals surface area contributed by atoms with E-state index in [0.29, 0.717) is 5.56 Å². The molecule has 1 aromatic heterocycles. The number of carbonyl (C=O) groups is 4. The highest BCUT2D eigenvalue weighted by molar-refractivity contribution is 9.10. The zero-order valence-corrected chi connectivity index (χ0v) is 33.6. The van der Waals surface area contributed by atoms with Crippen molar-refractivity contribution < 1.29 is 42.9 Å². The van der Waals surface area contributed by atoms with Crippen molar-refractivity contribution in [3.8, 4) is 11.3 Å². The molecule has 5 atom stereocenters. The quantitative estimate of drug-likeness (QED) is 0.202. The maximum absolute atomic E-state index is 13.6. The van der Waals surface area contributed by atoms with Crippen molar-refractivity contribution in [3.63, 3.8) is 0 Å². The summed E-state index contributed by atoms with van der Waals surface area (Å²) in [5.74, 6) is -2.28. The van der Waals surface area contributed by atoms with E-state index >= 15 is 0 Å². The number of nitrogens with zero attached hydrogens (tertiary/aromatic N) is 1. The Labute approximate surface area is 305 Å². The third-order valence-corrected chi connectivity index (χ3v) is 8.92. The number of hydrogen-bond donors (Lipinski definition) is 0. The summed E-state index contributed by atoms with van der Waals surface area (Å²) in [6.07, 6.45) is -6.00. The van der Waals surface area contributed by atoms with Gasteiger partial charge in [-0.05, 0) is 142 Å². The van der Waals surface area contributed by atoms with Crippen molar-refractivity contribution in [1.29, 1.82) is 0 Å². The predicted octanol–water partition coefficient (Wildman–Crippen LogP) is 8.03. The molecule has 1 aliphatic heterocycles. The summed E-state index contributed by atoms with van der Waals surface area (Å²) in [5, 5.41) is 0. The molecule has 276 valence electrons. The van der Waals surface area contributed by atoms with Crippen molar-refractivity contribution in [2.45, 2.75) is 127 Å². The first-order valence-corrected chi connectivity index (χ1v) is 17.7. The van der Waals surface area contributed by atoms with Crippen LogP contribution < -0.4 is 0 Å². The van der Waals surface area contributed by atoms with E-state index in [1.165, 1.54) is 0 Å². The van der Waals surface area contributed by atoms with E-state index in [0.717, 1.165) is 27.0 Å². The van der Waals surface area contributed by atoms with Crippen LogP contribution in [0.1, 0.15) is 106 Å². The van der Waals surface area contributed by atoms with E-state index in [2.05, 4.69) is 15.9 Å². The number of benzene rings is 1. The number of carbonyl (C=O) groups excluding carboxylic acids is 4. The maximum atomic E-state index is 13.6. The lowest BCUT2D eigenvalue weighted by Gasteiger charge is -2.46. The molecule has 2 heterocycles. The molecule has 50 heavy (non-hydrogen) atoms. The third kappa shape index (κ3) is 10.1. The van der Waals surface area contributed by atoms with Gasteiger partial charge in [-0.3, -0.25) is 24.2 Å². The molecule has 1 aromatic carbocycles. The monoisotopic (exact) mass is 759 g/mol. The van der Waals surface area contributed by atoms with Crippen LogP contribution >= 0.6 is 15.9 Å². The van der Waals surface area contributed by atoms with Crippen LogP contribution in [0.2, 0.25) is 0 Å². The molecule has 0 spiro atoms. The average Bonchev–Trinajstić information content (AvgIpc) is 2.97. The molecule has 1 saturated heterocycles. The number of esters is 4. The second-order valence-corrected chi connectivity index (χ2v) is 18.0. The molecule has 0 N–H and O–H groups in total. The molecule has 0 radical (unpaired) electrons. The van der Waals surface area contributed by atoms with Gasteiger partial charge in [0.15, 0.2) is 18.3 Å². The van der Waals surface area contributed by atoms with Gasteiger partial charge in [0.2, 0.25) is 0 Å². The molecular weight excluding hydrogens is 706 g/mol. The molecule has 0 aliphatic carbocycles. The van der Waals surface area contributed by atoms with Crippen LogP contribution in [0.5, 0.6) is 0 Å². The van der Waals surface area contributed by atoms with E-state index in [1.54, 1.807) is 83.1 Å². The lowest BCUT2D eigenvalue weighted by molar-refractivity contribution is -0.262. The van der Waals surface area contributed by atoms with Crippen LogP contribution in [-0.2, 0) is 42.9 Å². The van der Waals surface area contributed by atoms with Gasteiger partial charge in [-0.15, -0.1) is 0 Å². The maximum Gasteiger partial charge on any atom is 0.311 e. The highest BCUT2D eigenvalue weighted by atomic mass is 79.9. The lowest BCUT2D eigenvalue weighted by atomic mass is 9.86. The number of hydrogen-bond acceptors (Lipinski definition) is 10. The second kappa shape index (κ2) is 15.1. The molecule has 0 unspecified atom stereocenters. The van der Waals surface area contributed by atoms with Crippen molar-refractivity contribution >= 4 is 39.8 Å². The van der Waals surface area contributed by atoms with Gasteiger partial charge >= 0.3 is 23.9 Å². The van der Waals surface area contributed by atoms with Gasteiger partial charge in [0, 0.05) is 10.0 Å². The minimum atomic E-state index is -1.33. The normalized spacial score (nSPS) is 21.6. The zero-order valence-electron chi connectivity index (χ0n) is 32.0. The first-order valence-electron chi connectivity index (χ1n) is 16.9. The van der Waals surface area contributed by atoms with Crippen molar-refractivity contribution in [1.82, 2.24) is 4.98 Å². The van der Waals surface area contributed by atoms with Crippen LogP contribution in [0.15, 0.2) is 34.8 Å². The molecule has 1 fully saturated rings. The smallest absolute Gasteiger partial charge is 0.311 e. The summed E-state index contributed by atoms with van der Waals surface area (Å²) in [6.45, 7) is 23.9. The molecule has 0 saturated carbocycles. The number of aromatic nitrogens is 1. The predicted molar refractivity (Wildman–Crippen MR) is 193 cm³/mol. The minimum absolute atomic E-state index is 0.322. The molecule has 1 aliphatic rings. The first kappa shape index (κ1) is 41.1. The molecule has 3 rings (SSSR count). The number of aryl methyl sites for hydroxylation is 2.